The molecule has 0 saturated heterocycles. The molecule has 1 saturated carbocycles. The van der Waals surface area contributed by atoms with Crippen molar-refractivity contribution in [1.29, 1.82) is 0 Å². The van der Waals surface area contributed by atoms with Gasteiger partial charge in [0, 0.05) is 19.4 Å². The molecule has 1 aliphatic rings. The lowest BCUT2D eigenvalue weighted by Gasteiger charge is -2.29. The monoisotopic (exact) mass is 208 g/mol. The first-order chi connectivity index (χ1) is 7.18. The highest BCUT2D eigenvalue weighted by Crippen LogP contribution is 2.35. The molecule has 1 aromatic heterocycles. The minimum Gasteiger partial charge on any atom is -0.385 e. The van der Waals surface area contributed by atoms with Crippen LogP contribution in [-0.4, -0.2) is 14.7 Å². The van der Waals surface area contributed by atoms with Crippen molar-refractivity contribution in [3.8, 4) is 0 Å². The molecule has 3 nitrogen and oxygen atoms in total. The van der Waals surface area contributed by atoms with Crippen molar-refractivity contribution in [2.75, 3.05) is 0 Å². The molecule has 1 heterocycles. The summed E-state index contributed by atoms with van der Waals surface area (Å²) in [5, 5.41) is 10.2. The van der Waals surface area contributed by atoms with Gasteiger partial charge in [0.05, 0.1) is 0 Å². The van der Waals surface area contributed by atoms with E-state index in [1.165, 1.54) is 12.8 Å². The first-order valence-corrected chi connectivity index (χ1v) is 5.83. The first kappa shape index (κ1) is 10.7. The fourth-order valence-corrected chi connectivity index (χ4v) is 2.47. The van der Waals surface area contributed by atoms with Crippen molar-refractivity contribution in [2.45, 2.75) is 38.7 Å². The van der Waals surface area contributed by atoms with Gasteiger partial charge in [-0.1, -0.05) is 19.8 Å². The SMILES string of the molecule is CC1CCC(C(O)c2nccn2C)CC1. The predicted molar refractivity (Wildman–Crippen MR) is 59.3 cm³/mol. The Morgan fingerprint density at radius 2 is 2.07 bits per heavy atom. The van der Waals surface area contributed by atoms with E-state index in [9.17, 15) is 5.11 Å². The summed E-state index contributed by atoms with van der Waals surface area (Å²) in [6.45, 7) is 2.30. The van der Waals surface area contributed by atoms with Gasteiger partial charge in [0.25, 0.3) is 0 Å². The number of aliphatic hydroxyl groups excluding tert-OH is 1. The first-order valence-electron chi connectivity index (χ1n) is 5.83. The van der Waals surface area contributed by atoms with Crippen molar-refractivity contribution < 1.29 is 5.11 Å². The van der Waals surface area contributed by atoms with Crippen molar-refractivity contribution in [3.63, 3.8) is 0 Å². The molecule has 2 rings (SSSR count). The van der Waals surface area contributed by atoms with Crippen LogP contribution in [0.25, 0.3) is 0 Å². The molecule has 84 valence electrons. The van der Waals surface area contributed by atoms with E-state index in [1.807, 2.05) is 17.8 Å². The highest BCUT2D eigenvalue weighted by molar-refractivity contribution is 4.98. The Morgan fingerprint density at radius 1 is 1.40 bits per heavy atom. The van der Waals surface area contributed by atoms with Gasteiger partial charge in [0.1, 0.15) is 11.9 Å². The fourth-order valence-electron chi connectivity index (χ4n) is 2.47. The Labute approximate surface area is 91.1 Å². The molecule has 1 unspecified atom stereocenters. The lowest BCUT2D eigenvalue weighted by molar-refractivity contribution is 0.0662. The molecular weight excluding hydrogens is 188 g/mol. The quantitative estimate of drug-likeness (QED) is 0.809. The number of aliphatic hydroxyl groups is 1. The summed E-state index contributed by atoms with van der Waals surface area (Å²) >= 11 is 0. The standard InChI is InChI=1S/C12H20N2O/c1-9-3-5-10(6-4-9)11(15)12-13-7-8-14(12)2/h7-11,15H,3-6H2,1-2H3. The predicted octanol–water partition coefficient (Wildman–Crippen LogP) is 2.28. The molecule has 0 amide bonds. The Morgan fingerprint density at radius 3 is 2.60 bits per heavy atom. The zero-order valence-electron chi connectivity index (χ0n) is 9.56. The van der Waals surface area contributed by atoms with Gasteiger partial charge in [0.15, 0.2) is 0 Å². The molecule has 1 N–H and O–H groups in total. The van der Waals surface area contributed by atoms with Crippen LogP contribution < -0.4 is 0 Å². The van der Waals surface area contributed by atoms with Gasteiger partial charge in [-0.3, -0.25) is 0 Å². The maximum absolute atomic E-state index is 10.2. The summed E-state index contributed by atoms with van der Waals surface area (Å²) in [6.07, 6.45) is 8.02. The number of aromatic nitrogens is 2. The van der Waals surface area contributed by atoms with Gasteiger partial charge < -0.3 is 9.67 Å². The van der Waals surface area contributed by atoms with Crippen LogP contribution in [0.1, 0.15) is 44.5 Å². The number of imidazole rings is 1. The molecule has 0 aliphatic heterocycles. The highest BCUT2D eigenvalue weighted by atomic mass is 16.3. The lowest BCUT2D eigenvalue weighted by atomic mass is 9.80. The lowest BCUT2D eigenvalue weighted by Crippen LogP contribution is -2.21. The maximum atomic E-state index is 10.2. The summed E-state index contributed by atoms with van der Waals surface area (Å²) in [5.74, 6) is 2.05. The third-order valence-electron chi connectivity index (χ3n) is 3.63. The molecule has 0 spiro atoms. The summed E-state index contributed by atoms with van der Waals surface area (Å²) in [4.78, 5) is 4.22. The average Bonchev–Trinajstić information content (AvgIpc) is 2.65. The van der Waals surface area contributed by atoms with Crippen LogP contribution in [0.4, 0.5) is 0 Å². The van der Waals surface area contributed by atoms with Gasteiger partial charge in [0.2, 0.25) is 0 Å². The molecule has 3 heteroatoms. The Balaban J connectivity index is 2.02. The third kappa shape index (κ3) is 2.23. The average molecular weight is 208 g/mol. The van der Waals surface area contributed by atoms with Crippen LogP contribution in [0.3, 0.4) is 0 Å². The van der Waals surface area contributed by atoms with Gasteiger partial charge in [-0.15, -0.1) is 0 Å². The second kappa shape index (κ2) is 4.35. The van der Waals surface area contributed by atoms with E-state index in [0.29, 0.717) is 5.92 Å². The van der Waals surface area contributed by atoms with Crippen molar-refractivity contribution in [2.24, 2.45) is 18.9 Å². The zero-order valence-corrected chi connectivity index (χ0v) is 9.56. The molecule has 0 aromatic carbocycles. The number of nitrogens with zero attached hydrogens (tertiary/aromatic N) is 2. The summed E-state index contributed by atoms with van der Waals surface area (Å²) < 4.78 is 1.92. The van der Waals surface area contributed by atoms with Crippen LogP contribution in [0.2, 0.25) is 0 Å². The largest absolute Gasteiger partial charge is 0.385 e. The van der Waals surface area contributed by atoms with E-state index in [1.54, 1.807) is 6.20 Å². The van der Waals surface area contributed by atoms with E-state index in [-0.39, 0.29) is 6.10 Å². The Bertz CT molecular complexity index is 313. The van der Waals surface area contributed by atoms with Crippen LogP contribution in [0.5, 0.6) is 0 Å². The molecule has 0 bridgehead atoms. The van der Waals surface area contributed by atoms with Gasteiger partial charge in [-0.05, 0) is 24.7 Å². The number of rotatable bonds is 2. The van der Waals surface area contributed by atoms with E-state index < -0.39 is 0 Å². The van der Waals surface area contributed by atoms with Crippen molar-refractivity contribution in [3.05, 3.63) is 18.2 Å². The van der Waals surface area contributed by atoms with E-state index >= 15 is 0 Å². The molecule has 1 aromatic rings. The Hall–Kier alpha value is -0.830. The summed E-state index contributed by atoms with van der Waals surface area (Å²) in [6, 6.07) is 0. The van der Waals surface area contributed by atoms with Gasteiger partial charge >= 0.3 is 0 Å². The summed E-state index contributed by atoms with van der Waals surface area (Å²) in [5.41, 5.74) is 0. The molecule has 1 aliphatic carbocycles. The van der Waals surface area contributed by atoms with Crippen molar-refractivity contribution in [1.82, 2.24) is 9.55 Å². The molecule has 15 heavy (non-hydrogen) atoms. The smallest absolute Gasteiger partial charge is 0.137 e. The van der Waals surface area contributed by atoms with E-state index in [4.69, 9.17) is 0 Å². The zero-order chi connectivity index (χ0) is 10.8. The van der Waals surface area contributed by atoms with Gasteiger partial charge in [-0.25, -0.2) is 4.98 Å². The molecular formula is C12H20N2O. The van der Waals surface area contributed by atoms with E-state index in [2.05, 4.69) is 11.9 Å². The minimum absolute atomic E-state index is 0.377. The highest BCUT2D eigenvalue weighted by Gasteiger charge is 2.27. The number of aryl methyl sites for hydroxylation is 1. The Kier molecular flexibility index (Phi) is 3.10. The molecule has 0 radical (unpaired) electrons. The van der Waals surface area contributed by atoms with Gasteiger partial charge in [-0.2, -0.15) is 0 Å². The topological polar surface area (TPSA) is 38.1 Å². The number of hydrogen-bond donors (Lipinski definition) is 1. The second-order valence-electron chi connectivity index (χ2n) is 4.86. The van der Waals surface area contributed by atoms with Crippen LogP contribution in [0.15, 0.2) is 12.4 Å². The second-order valence-corrected chi connectivity index (χ2v) is 4.86. The molecule has 1 fully saturated rings. The van der Waals surface area contributed by atoms with Crippen LogP contribution >= 0.6 is 0 Å². The van der Waals surface area contributed by atoms with E-state index in [0.717, 1.165) is 24.6 Å². The normalized spacial score (nSPS) is 29.0. The van der Waals surface area contributed by atoms with Crippen LogP contribution in [-0.2, 0) is 7.05 Å². The fraction of sp³-hybridized carbons (Fsp3) is 0.750. The third-order valence-corrected chi connectivity index (χ3v) is 3.63. The van der Waals surface area contributed by atoms with Crippen molar-refractivity contribution >= 4 is 0 Å². The maximum Gasteiger partial charge on any atom is 0.137 e. The number of hydrogen-bond acceptors (Lipinski definition) is 2. The van der Waals surface area contributed by atoms with Crippen LogP contribution in [0, 0.1) is 11.8 Å². The summed E-state index contributed by atoms with van der Waals surface area (Å²) in [7, 11) is 1.94. The molecule has 1 atom stereocenters. The minimum atomic E-state index is -0.377.